The van der Waals surface area contributed by atoms with Gasteiger partial charge in [0.1, 0.15) is 5.58 Å². The van der Waals surface area contributed by atoms with Gasteiger partial charge in [-0.15, -0.1) is 0 Å². The first-order valence-electron chi connectivity index (χ1n) is 12.6. The van der Waals surface area contributed by atoms with Crippen molar-refractivity contribution in [2.45, 2.75) is 38.6 Å². The molecule has 196 valence electrons. The lowest BCUT2D eigenvalue weighted by atomic mass is 9.97. The molecule has 1 unspecified atom stereocenters. The van der Waals surface area contributed by atoms with E-state index in [1.54, 1.807) is 30.2 Å². The van der Waals surface area contributed by atoms with E-state index in [4.69, 9.17) is 13.9 Å². The molecule has 2 heterocycles. The van der Waals surface area contributed by atoms with Crippen LogP contribution in [0.2, 0.25) is 0 Å². The van der Waals surface area contributed by atoms with Gasteiger partial charge in [-0.1, -0.05) is 64.1 Å². The molecule has 8 heteroatoms. The van der Waals surface area contributed by atoms with Crippen LogP contribution >= 0.6 is 31.9 Å². The van der Waals surface area contributed by atoms with E-state index in [0.29, 0.717) is 40.3 Å². The fourth-order valence-electron chi connectivity index (χ4n) is 4.81. The van der Waals surface area contributed by atoms with Crippen LogP contribution in [0.3, 0.4) is 0 Å². The van der Waals surface area contributed by atoms with E-state index >= 15 is 0 Å². The van der Waals surface area contributed by atoms with Crippen molar-refractivity contribution in [1.29, 1.82) is 0 Å². The van der Waals surface area contributed by atoms with Gasteiger partial charge in [-0.25, -0.2) is 0 Å². The second-order valence-electron chi connectivity index (χ2n) is 9.19. The third-order valence-electron chi connectivity index (χ3n) is 6.70. The van der Waals surface area contributed by atoms with Gasteiger partial charge < -0.3 is 13.9 Å². The molecule has 0 aliphatic carbocycles. The zero-order valence-corrected chi connectivity index (χ0v) is 24.3. The average molecular weight is 641 g/mol. The standard InChI is InChI=1S/C30H27Br2NO5/c1-3-4-5-6-15-37-24-13-7-18(16-25(24)36-2)27-26-28(34)22-17-20(32)10-14-23(22)38-29(26)30(35)33(27)21-11-8-19(31)9-12-21/h7-14,16-17,27H,3-6,15H2,1-2H3. The molecule has 1 aromatic heterocycles. The smallest absolute Gasteiger partial charge is 0.295 e. The number of carbonyl (C=O) groups excluding carboxylic acids is 1. The molecule has 1 atom stereocenters. The van der Waals surface area contributed by atoms with E-state index in [0.717, 1.165) is 33.8 Å². The number of rotatable bonds is 9. The summed E-state index contributed by atoms with van der Waals surface area (Å²) in [7, 11) is 1.59. The summed E-state index contributed by atoms with van der Waals surface area (Å²) in [6, 6.07) is 17.5. The van der Waals surface area contributed by atoms with Crippen LogP contribution in [0.4, 0.5) is 5.69 Å². The molecule has 5 rings (SSSR count). The Morgan fingerprint density at radius 1 is 0.895 bits per heavy atom. The Labute approximate surface area is 237 Å². The highest BCUT2D eigenvalue weighted by Gasteiger charge is 2.44. The predicted octanol–water partition coefficient (Wildman–Crippen LogP) is 8.04. The number of nitrogens with zero attached hydrogens (tertiary/aromatic N) is 1. The Kier molecular flexibility index (Phi) is 7.91. The van der Waals surface area contributed by atoms with Gasteiger partial charge in [-0.3, -0.25) is 14.5 Å². The number of anilines is 1. The minimum Gasteiger partial charge on any atom is -0.493 e. The third-order valence-corrected chi connectivity index (χ3v) is 7.72. The quantitative estimate of drug-likeness (QED) is 0.173. The van der Waals surface area contributed by atoms with Gasteiger partial charge in [0.05, 0.1) is 30.7 Å². The molecule has 0 fully saturated rings. The van der Waals surface area contributed by atoms with Crippen LogP contribution in [0.1, 0.15) is 60.3 Å². The zero-order chi connectivity index (χ0) is 26.8. The van der Waals surface area contributed by atoms with E-state index in [9.17, 15) is 9.59 Å². The van der Waals surface area contributed by atoms with Crippen LogP contribution in [0, 0.1) is 0 Å². The monoisotopic (exact) mass is 639 g/mol. The number of amides is 1. The number of halogens is 2. The molecule has 0 bridgehead atoms. The Morgan fingerprint density at radius 2 is 1.66 bits per heavy atom. The van der Waals surface area contributed by atoms with Crippen molar-refractivity contribution in [2.75, 3.05) is 18.6 Å². The molecule has 0 N–H and O–H groups in total. The van der Waals surface area contributed by atoms with Crippen molar-refractivity contribution in [3.05, 3.63) is 96.7 Å². The zero-order valence-electron chi connectivity index (χ0n) is 21.1. The van der Waals surface area contributed by atoms with E-state index < -0.39 is 6.04 Å². The number of ether oxygens (including phenoxy) is 2. The van der Waals surface area contributed by atoms with Gasteiger partial charge in [0.25, 0.3) is 5.91 Å². The highest BCUT2D eigenvalue weighted by atomic mass is 79.9. The summed E-state index contributed by atoms with van der Waals surface area (Å²) >= 11 is 6.90. The molecule has 1 aliphatic rings. The first kappa shape index (κ1) is 26.5. The molecular weight excluding hydrogens is 614 g/mol. The van der Waals surface area contributed by atoms with Gasteiger partial charge in [-0.05, 0) is 66.6 Å². The summed E-state index contributed by atoms with van der Waals surface area (Å²) in [5, 5.41) is 0.410. The van der Waals surface area contributed by atoms with Gasteiger partial charge in [0.15, 0.2) is 16.9 Å². The number of benzene rings is 3. The lowest BCUT2D eigenvalue weighted by molar-refractivity contribution is 0.0971. The summed E-state index contributed by atoms with van der Waals surface area (Å²) in [5.41, 5.74) is 1.80. The maximum atomic E-state index is 13.9. The second kappa shape index (κ2) is 11.3. The van der Waals surface area contributed by atoms with E-state index in [2.05, 4.69) is 38.8 Å². The van der Waals surface area contributed by atoms with Crippen LogP contribution in [-0.4, -0.2) is 19.6 Å². The maximum Gasteiger partial charge on any atom is 0.295 e. The number of hydrogen-bond donors (Lipinski definition) is 0. The number of fused-ring (bicyclic) bond motifs is 2. The molecule has 4 aromatic rings. The highest BCUT2D eigenvalue weighted by Crippen LogP contribution is 2.43. The molecule has 0 radical (unpaired) electrons. The van der Waals surface area contributed by atoms with E-state index in [1.165, 1.54) is 6.42 Å². The molecule has 6 nitrogen and oxygen atoms in total. The number of carbonyl (C=O) groups is 1. The lowest BCUT2D eigenvalue weighted by Crippen LogP contribution is -2.29. The molecule has 1 amide bonds. The lowest BCUT2D eigenvalue weighted by Gasteiger charge is -2.26. The van der Waals surface area contributed by atoms with Gasteiger partial charge in [-0.2, -0.15) is 0 Å². The fraction of sp³-hybridized carbons (Fsp3) is 0.267. The van der Waals surface area contributed by atoms with Crippen molar-refractivity contribution < 1.29 is 18.7 Å². The number of hydrogen-bond acceptors (Lipinski definition) is 5. The first-order valence-corrected chi connectivity index (χ1v) is 14.2. The Hall–Kier alpha value is -3.10. The molecular formula is C30H27Br2NO5. The topological polar surface area (TPSA) is 69.0 Å². The Morgan fingerprint density at radius 3 is 2.39 bits per heavy atom. The molecule has 3 aromatic carbocycles. The summed E-state index contributed by atoms with van der Waals surface area (Å²) < 4.78 is 19.4. The van der Waals surface area contributed by atoms with Gasteiger partial charge in [0, 0.05) is 14.6 Å². The van der Waals surface area contributed by atoms with Crippen LogP contribution in [0.5, 0.6) is 11.5 Å². The largest absolute Gasteiger partial charge is 0.493 e. The number of methoxy groups -OCH3 is 1. The molecule has 0 saturated heterocycles. The summed E-state index contributed by atoms with van der Waals surface area (Å²) in [6.07, 6.45) is 4.41. The van der Waals surface area contributed by atoms with E-state index in [1.807, 2.05) is 42.5 Å². The maximum absolute atomic E-state index is 13.9. The summed E-state index contributed by atoms with van der Waals surface area (Å²) in [6.45, 7) is 2.77. The third kappa shape index (κ3) is 4.99. The van der Waals surface area contributed by atoms with Crippen molar-refractivity contribution in [2.24, 2.45) is 0 Å². The molecule has 0 saturated carbocycles. The second-order valence-corrected chi connectivity index (χ2v) is 11.0. The van der Waals surface area contributed by atoms with E-state index in [-0.39, 0.29) is 17.1 Å². The molecule has 1 aliphatic heterocycles. The minimum atomic E-state index is -0.703. The highest BCUT2D eigenvalue weighted by molar-refractivity contribution is 9.10. The molecule has 38 heavy (non-hydrogen) atoms. The van der Waals surface area contributed by atoms with Crippen molar-refractivity contribution in [3.8, 4) is 11.5 Å². The number of unbranched alkanes of at least 4 members (excludes halogenated alkanes) is 3. The Bertz CT molecular complexity index is 1550. The van der Waals surface area contributed by atoms with Crippen molar-refractivity contribution >= 4 is 54.4 Å². The van der Waals surface area contributed by atoms with Crippen LogP contribution in [0.15, 0.2) is 78.8 Å². The first-order chi connectivity index (χ1) is 18.4. The van der Waals surface area contributed by atoms with Crippen molar-refractivity contribution in [3.63, 3.8) is 0 Å². The van der Waals surface area contributed by atoms with Crippen molar-refractivity contribution in [1.82, 2.24) is 0 Å². The Balaban J connectivity index is 1.63. The van der Waals surface area contributed by atoms with Gasteiger partial charge in [0.2, 0.25) is 5.76 Å². The predicted molar refractivity (Wildman–Crippen MR) is 156 cm³/mol. The summed E-state index contributed by atoms with van der Waals surface area (Å²) in [5.74, 6) is 0.849. The van der Waals surface area contributed by atoms with Crippen LogP contribution < -0.4 is 19.8 Å². The van der Waals surface area contributed by atoms with Crippen LogP contribution in [-0.2, 0) is 0 Å². The van der Waals surface area contributed by atoms with Gasteiger partial charge >= 0.3 is 0 Å². The van der Waals surface area contributed by atoms with Crippen LogP contribution in [0.25, 0.3) is 11.0 Å². The average Bonchev–Trinajstić information content (AvgIpc) is 3.22. The normalized spacial score (nSPS) is 14.7. The molecule has 0 spiro atoms. The fourth-order valence-corrected chi connectivity index (χ4v) is 5.44. The minimum absolute atomic E-state index is 0.0490. The summed E-state index contributed by atoms with van der Waals surface area (Å²) in [4.78, 5) is 29.3. The SMILES string of the molecule is CCCCCCOc1ccc(C2c3c(oc4ccc(Br)cc4c3=O)C(=O)N2c2ccc(Br)cc2)cc1OC.